The molecule has 2 nitrogen and oxygen atoms in total. The van der Waals surface area contributed by atoms with E-state index in [1.54, 1.807) is 0 Å². The van der Waals surface area contributed by atoms with Crippen LogP contribution in [-0.2, 0) is 17.1 Å². The summed E-state index contributed by atoms with van der Waals surface area (Å²) in [5.41, 5.74) is 3.99. The molecule has 0 aromatic heterocycles. The predicted molar refractivity (Wildman–Crippen MR) is 79.5 cm³/mol. The lowest BCUT2D eigenvalue weighted by Gasteiger charge is -2.06. The van der Waals surface area contributed by atoms with Crippen LogP contribution in [0.15, 0.2) is 48.5 Å². The van der Waals surface area contributed by atoms with E-state index in [0.29, 0.717) is 12.3 Å². The third kappa shape index (κ3) is 4.11. The van der Waals surface area contributed by atoms with Crippen molar-refractivity contribution < 1.29 is 4.79 Å². The van der Waals surface area contributed by atoms with Crippen LogP contribution in [0.1, 0.15) is 16.7 Å². The SMILES string of the molecule is Cc1ccc(CC(=O)Nc2cccc(CCl)c2)cc1. The molecule has 1 amide bonds. The molecule has 0 spiro atoms. The Hall–Kier alpha value is -1.80. The first-order valence-electron chi connectivity index (χ1n) is 6.17. The van der Waals surface area contributed by atoms with Gasteiger partial charge < -0.3 is 5.32 Å². The normalized spacial score (nSPS) is 10.2. The number of benzene rings is 2. The maximum atomic E-state index is 11.9. The van der Waals surface area contributed by atoms with Crippen LogP contribution in [-0.4, -0.2) is 5.91 Å². The topological polar surface area (TPSA) is 29.1 Å². The van der Waals surface area contributed by atoms with E-state index in [9.17, 15) is 4.79 Å². The Kier molecular flexibility index (Phi) is 4.58. The van der Waals surface area contributed by atoms with Crippen LogP contribution in [0.3, 0.4) is 0 Å². The Balaban J connectivity index is 1.99. The second kappa shape index (κ2) is 6.39. The molecule has 0 aliphatic carbocycles. The summed E-state index contributed by atoms with van der Waals surface area (Å²) in [4.78, 5) is 11.9. The van der Waals surface area contributed by atoms with Crippen molar-refractivity contribution in [2.24, 2.45) is 0 Å². The van der Waals surface area contributed by atoms with Gasteiger partial charge in [-0.1, -0.05) is 42.0 Å². The molecule has 0 radical (unpaired) electrons. The fourth-order valence-electron chi connectivity index (χ4n) is 1.83. The van der Waals surface area contributed by atoms with Gasteiger partial charge in [-0.15, -0.1) is 11.6 Å². The minimum absolute atomic E-state index is 0.0180. The molecule has 0 aliphatic rings. The molecule has 0 saturated heterocycles. The minimum atomic E-state index is -0.0180. The van der Waals surface area contributed by atoms with Gasteiger partial charge in [-0.25, -0.2) is 0 Å². The van der Waals surface area contributed by atoms with Crippen LogP contribution >= 0.6 is 11.6 Å². The summed E-state index contributed by atoms with van der Waals surface area (Å²) < 4.78 is 0. The van der Waals surface area contributed by atoms with Gasteiger partial charge in [0.15, 0.2) is 0 Å². The molecule has 0 atom stereocenters. The van der Waals surface area contributed by atoms with Crippen molar-refractivity contribution in [1.29, 1.82) is 0 Å². The van der Waals surface area contributed by atoms with Gasteiger partial charge in [-0.3, -0.25) is 4.79 Å². The lowest BCUT2D eigenvalue weighted by atomic mass is 10.1. The highest BCUT2D eigenvalue weighted by atomic mass is 35.5. The Morgan fingerprint density at radius 2 is 1.84 bits per heavy atom. The Labute approximate surface area is 118 Å². The van der Waals surface area contributed by atoms with Crippen molar-refractivity contribution in [3.8, 4) is 0 Å². The second-order valence-corrected chi connectivity index (χ2v) is 4.81. The highest BCUT2D eigenvalue weighted by molar-refractivity contribution is 6.17. The van der Waals surface area contributed by atoms with Gasteiger partial charge in [0.2, 0.25) is 5.91 Å². The molecule has 1 N–H and O–H groups in total. The molecule has 0 unspecified atom stereocenters. The number of halogens is 1. The fourth-order valence-corrected chi connectivity index (χ4v) is 1.99. The number of rotatable bonds is 4. The molecule has 0 fully saturated rings. The van der Waals surface area contributed by atoms with Crippen molar-refractivity contribution in [1.82, 2.24) is 0 Å². The molecule has 2 rings (SSSR count). The average molecular weight is 274 g/mol. The summed E-state index contributed by atoms with van der Waals surface area (Å²) in [6.07, 6.45) is 0.380. The van der Waals surface area contributed by atoms with E-state index >= 15 is 0 Å². The van der Waals surface area contributed by atoms with E-state index in [2.05, 4.69) is 5.32 Å². The summed E-state index contributed by atoms with van der Waals surface area (Å²) in [6.45, 7) is 2.03. The highest BCUT2D eigenvalue weighted by Gasteiger charge is 2.04. The molecule has 2 aromatic rings. The molecule has 0 saturated carbocycles. The smallest absolute Gasteiger partial charge is 0.228 e. The van der Waals surface area contributed by atoms with Crippen molar-refractivity contribution in [2.45, 2.75) is 19.2 Å². The molecule has 0 bridgehead atoms. The Morgan fingerprint density at radius 3 is 2.53 bits per heavy atom. The van der Waals surface area contributed by atoms with E-state index in [0.717, 1.165) is 16.8 Å². The summed E-state index contributed by atoms with van der Waals surface area (Å²) in [5.74, 6) is 0.428. The quantitative estimate of drug-likeness (QED) is 0.841. The lowest BCUT2D eigenvalue weighted by Crippen LogP contribution is -2.14. The Morgan fingerprint density at radius 1 is 1.11 bits per heavy atom. The number of carbonyl (C=O) groups is 1. The van der Waals surface area contributed by atoms with Gasteiger partial charge in [0, 0.05) is 11.6 Å². The van der Waals surface area contributed by atoms with Gasteiger partial charge in [-0.05, 0) is 30.2 Å². The van der Waals surface area contributed by atoms with E-state index in [4.69, 9.17) is 11.6 Å². The minimum Gasteiger partial charge on any atom is -0.326 e. The zero-order valence-corrected chi connectivity index (χ0v) is 11.6. The molecule has 19 heavy (non-hydrogen) atoms. The lowest BCUT2D eigenvalue weighted by molar-refractivity contribution is -0.115. The number of hydrogen-bond acceptors (Lipinski definition) is 1. The standard InChI is InChI=1S/C16H16ClNO/c1-12-5-7-13(8-6-12)10-16(19)18-15-4-2-3-14(9-15)11-17/h2-9H,10-11H2,1H3,(H,18,19). The van der Waals surface area contributed by atoms with Gasteiger partial charge in [0.1, 0.15) is 0 Å². The van der Waals surface area contributed by atoms with Gasteiger partial charge in [0.25, 0.3) is 0 Å². The first kappa shape index (κ1) is 13.6. The molecular formula is C16H16ClNO. The highest BCUT2D eigenvalue weighted by Crippen LogP contribution is 2.13. The van der Waals surface area contributed by atoms with E-state index in [1.165, 1.54) is 5.56 Å². The van der Waals surface area contributed by atoms with Crippen molar-refractivity contribution in [3.05, 3.63) is 65.2 Å². The predicted octanol–water partition coefficient (Wildman–Crippen LogP) is 3.92. The van der Waals surface area contributed by atoms with Crippen LogP contribution in [0.4, 0.5) is 5.69 Å². The van der Waals surface area contributed by atoms with E-state index in [1.807, 2.05) is 55.5 Å². The van der Waals surface area contributed by atoms with E-state index < -0.39 is 0 Å². The van der Waals surface area contributed by atoms with Gasteiger partial charge in [0.05, 0.1) is 6.42 Å². The van der Waals surface area contributed by atoms with Crippen LogP contribution in [0.5, 0.6) is 0 Å². The molecule has 0 aliphatic heterocycles. The molecule has 2 aromatic carbocycles. The first-order chi connectivity index (χ1) is 9.17. The van der Waals surface area contributed by atoms with Crippen LogP contribution in [0, 0.1) is 6.92 Å². The summed E-state index contributed by atoms with van der Waals surface area (Å²) in [6, 6.07) is 15.5. The zero-order chi connectivity index (χ0) is 13.7. The summed E-state index contributed by atoms with van der Waals surface area (Å²) in [5, 5.41) is 2.88. The van der Waals surface area contributed by atoms with Crippen LogP contribution in [0.25, 0.3) is 0 Å². The van der Waals surface area contributed by atoms with Gasteiger partial charge in [-0.2, -0.15) is 0 Å². The Bertz CT molecular complexity index is 563. The summed E-state index contributed by atoms with van der Waals surface area (Å²) in [7, 11) is 0. The number of hydrogen-bond donors (Lipinski definition) is 1. The monoisotopic (exact) mass is 273 g/mol. The second-order valence-electron chi connectivity index (χ2n) is 4.54. The van der Waals surface area contributed by atoms with Crippen LogP contribution < -0.4 is 5.32 Å². The molecular weight excluding hydrogens is 258 g/mol. The number of anilines is 1. The third-order valence-electron chi connectivity index (χ3n) is 2.85. The zero-order valence-electron chi connectivity index (χ0n) is 10.8. The third-order valence-corrected chi connectivity index (χ3v) is 3.16. The number of amides is 1. The maximum absolute atomic E-state index is 11.9. The van der Waals surface area contributed by atoms with Gasteiger partial charge >= 0.3 is 0 Å². The van der Waals surface area contributed by atoms with Crippen LogP contribution in [0.2, 0.25) is 0 Å². The fraction of sp³-hybridized carbons (Fsp3) is 0.188. The number of alkyl halides is 1. The number of nitrogens with one attached hydrogen (secondary N) is 1. The van der Waals surface area contributed by atoms with Crippen molar-refractivity contribution in [2.75, 3.05) is 5.32 Å². The molecule has 0 heterocycles. The van der Waals surface area contributed by atoms with Crippen molar-refractivity contribution in [3.63, 3.8) is 0 Å². The first-order valence-corrected chi connectivity index (χ1v) is 6.71. The molecule has 98 valence electrons. The maximum Gasteiger partial charge on any atom is 0.228 e. The summed E-state index contributed by atoms with van der Waals surface area (Å²) >= 11 is 5.77. The van der Waals surface area contributed by atoms with Crippen molar-refractivity contribution >= 4 is 23.2 Å². The number of aryl methyl sites for hydroxylation is 1. The van der Waals surface area contributed by atoms with E-state index in [-0.39, 0.29) is 5.91 Å². The number of carbonyl (C=O) groups excluding carboxylic acids is 1. The largest absolute Gasteiger partial charge is 0.326 e. The average Bonchev–Trinajstić information content (AvgIpc) is 2.41. The molecule has 3 heteroatoms.